The van der Waals surface area contributed by atoms with Gasteiger partial charge < -0.3 is 19.5 Å². The van der Waals surface area contributed by atoms with Gasteiger partial charge in [-0.3, -0.25) is 0 Å². The van der Waals surface area contributed by atoms with E-state index < -0.39 is 19.6 Å². The second kappa shape index (κ2) is 8.09. The summed E-state index contributed by atoms with van der Waals surface area (Å²) in [6.45, 7) is 3.00. The van der Waals surface area contributed by atoms with Gasteiger partial charge in [-0.05, 0) is 31.2 Å². The first-order valence-electron chi connectivity index (χ1n) is 6.56. The fourth-order valence-electron chi connectivity index (χ4n) is 1.76. The third-order valence-electron chi connectivity index (χ3n) is 2.76. The summed E-state index contributed by atoms with van der Waals surface area (Å²) < 4.78 is 50.5. The lowest BCUT2D eigenvalue weighted by Crippen LogP contribution is -2.19. The number of benzene rings is 1. The van der Waals surface area contributed by atoms with Crippen molar-refractivity contribution in [1.82, 2.24) is 5.32 Å². The molecule has 120 valence electrons. The van der Waals surface area contributed by atoms with Crippen LogP contribution in [-0.4, -0.2) is 33.2 Å². The van der Waals surface area contributed by atoms with Crippen molar-refractivity contribution in [2.75, 3.05) is 27.1 Å². The fourth-order valence-corrected chi connectivity index (χ4v) is 1.76. The minimum atomic E-state index is -4.36. The van der Waals surface area contributed by atoms with Gasteiger partial charge in [0.1, 0.15) is 6.61 Å². The van der Waals surface area contributed by atoms with Crippen molar-refractivity contribution in [3.05, 3.63) is 23.8 Å². The molecule has 1 unspecified atom stereocenters. The summed E-state index contributed by atoms with van der Waals surface area (Å²) >= 11 is 0. The Labute approximate surface area is 122 Å². The van der Waals surface area contributed by atoms with Crippen LogP contribution in [0.1, 0.15) is 25.5 Å². The number of ether oxygens (including phenoxy) is 3. The Bertz CT molecular complexity index is 438. The van der Waals surface area contributed by atoms with E-state index in [1.54, 1.807) is 12.1 Å². The average molecular weight is 307 g/mol. The second-order valence-corrected chi connectivity index (χ2v) is 4.42. The predicted molar refractivity (Wildman–Crippen MR) is 72.6 cm³/mol. The summed E-state index contributed by atoms with van der Waals surface area (Å²) in [6.07, 6.45) is -4.36. The molecule has 1 aromatic rings. The van der Waals surface area contributed by atoms with Crippen molar-refractivity contribution >= 4 is 0 Å². The number of methoxy groups -OCH3 is 1. The average Bonchev–Trinajstić information content (AvgIpc) is 2.42. The molecule has 1 aromatic carbocycles. The minimum Gasteiger partial charge on any atom is -0.493 e. The van der Waals surface area contributed by atoms with Crippen molar-refractivity contribution in [3.8, 4) is 11.5 Å². The highest BCUT2D eigenvalue weighted by Gasteiger charge is 2.27. The smallest absolute Gasteiger partial charge is 0.411 e. The first-order chi connectivity index (χ1) is 9.87. The Kier molecular flexibility index (Phi) is 6.77. The van der Waals surface area contributed by atoms with Gasteiger partial charge in [0.2, 0.25) is 0 Å². The summed E-state index contributed by atoms with van der Waals surface area (Å²) in [5, 5.41) is 3.26. The van der Waals surface area contributed by atoms with E-state index in [9.17, 15) is 13.2 Å². The maximum absolute atomic E-state index is 11.9. The number of alkyl halides is 3. The highest BCUT2D eigenvalue weighted by molar-refractivity contribution is 5.43. The van der Waals surface area contributed by atoms with E-state index in [4.69, 9.17) is 9.47 Å². The van der Waals surface area contributed by atoms with Crippen LogP contribution in [0, 0.1) is 0 Å². The van der Waals surface area contributed by atoms with Crippen molar-refractivity contribution < 1.29 is 27.4 Å². The zero-order valence-electron chi connectivity index (χ0n) is 12.3. The van der Waals surface area contributed by atoms with Gasteiger partial charge >= 0.3 is 6.18 Å². The first-order valence-corrected chi connectivity index (χ1v) is 6.56. The molecule has 0 amide bonds. The molecule has 0 fully saturated rings. The monoisotopic (exact) mass is 307 g/mol. The molecule has 1 atom stereocenters. The molecule has 0 spiro atoms. The van der Waals surface area contributed by atoms with Crippen LogP contribution in [0.3, 0.4) is 0 Å². The molecule has 4 nitrogen and oxygen atoms in total. The van der Waals surface area contributed by atoms with E-state index in [1.807, 2.05) is 19.9 Å². The molecule has 0 aliphatic carbocycles. The van der Waals surface area contributed by atoms with Crippen LogP contribution in [0.15, 0.2) is 18.2 Å². The molecule has 1 rings (SSSR count). The molecule has 0 radical (unpaired) electrons. The molecule has 0 aliphatic rings. The van der Waals surface area contributed by atoms with Crippen LogP contribution < -0.4 is 14.8 Å². The van der Waals surface area contributed by atoms with Gasteiger partial charge in [0.05, 0.1) is 7.11 Å². The van der Waals surface area contributed by atoms with E-state index in [-0.39, 0.29) is 6.04 Å². The van der Waals surface area contributed by atoms with Crippen LogP contribution in [0.4, 0.5) is 13.2 Å². The lowest BCUT2D eigenvalue weighted by Gasteiger charge is -2.16. The molecule has 7 heteroatoms. The third-order valence-corrected chi connectivity index (χ3v) is 2.76. The fraction of sp³-hybridized carbons (Fsp3) is 0.571. The normalized spacial score (nSPS) is 13.0. The van der Waals surface area contributed by atoms with Crippen molar-refractivity contribution in [2.45, 2.75) is 26.1 Å². The Hall–Kier alpha value is -1.47. The summed E-state index contributed by atoms with van der Waals surface area (Å²) in [5.41, 5.74) is 0.997. The van der Waals surface area contributed by atoms with E-state index in [0.717, 1.165) is 12.1 Å². The van der Waals surface area contributed by atoms with Crippen LogP contribution in [0.25, 0.3) is 0 Å². The highest BCUT2D eigenvalue weighted by Crippen LogP contribution is 2.30. The quantitative estimate of drug-likeness (QED) is 0.591. The number of hydrogen-bond donors (Lipinski definition) is 1. The molecule has 0 aromatic heterocycles. The first kappa shape index (κ1) is 17.6. The molecule has 0 bridgehead atoms. The largest absolute Gasteiger partial charge is 0.493 e. The third kappa shape index (κ3) is 6.22. The molecule has 0 heterocycles. The van der Waals surface area contributed by atoms with E-state index >= 15 is 0 Å². The van der Waals surface area contributed by atoms with Gasteiger partial charge in [-0.15, -0.1) is 0 Å². The molecule has 0 aliphatic heterocycles. The number of hydrogen-bond acceptors (Lipinski definition) is 4. The van der Waals surface area contributed by atoms with E-state index in [2.05, 4.69) is 10.1 Å². The van der Waals surface area contributed by atoms with E-state index in [0.29, 0.717) is 11.5 Å². The zero-order chi connectivity index (χ0) is 15.9. The lowest BCUT2D eigenvalue weighted by atomic mass is 10.1. The Morgan fingerprint density at radius 2 is 1.95 bits per heavy atom. The molecular weight excluding hydrogens is 287 g/mol. The summed E-state index contributed by atoms with van der Waals surface area (Å²) in [5.74, 6) is 0.792. The Balaban J connectivity index is 2.62. The van der Waals surface area contributed by atoms with Gasteiger partial charge in [0.15, 0.2) is 18.3 Å². The van der Waals surface area contributed by atoms with Gasteiger partial charge in [0.25, 0.3) is 0 Å². The van der Waals surface area contributed by atoms with E-state index in [1.165, 1.54) is 7.11 Å². The summed E-state index contributed by atoms with van der Waals surface area (Å²) in [6, 6.07) is 5.40. The molecule has 21 heavy (non-hydrogen) atoms. The minimum absolute atomic E-state index is 0.138. The topological polar surface area (TPSA) is 39.7 Å². The summed E-state index contributed by atoms with van der Waals surface area (Å²) in [4.78, 5) is 0. The molecule has 0 saturated heterocycles. The molecule has 1 N–H and O–H groups in total. The van der Waals surface area contributed by atoms with Crippen LogP contribution >= 0.6 is 0 Å². The Morgan fingerprint density at radius 1 is 1.24 bits per heavy atom. The lowest BCUT2D eigenvalue weighted by molar-refractivity contribution is -0.186. The van der Waals surface area contributed by atoms with Gasteiger partial charge in [-0.1, -0.05) is 13.0 Å². The number of halogens is 3. The van der Waals surface area contributed by atoms with Crippen molar-refractivity contribution in [3.63, 3.8) is 0 Å². The van der Waals surface area contributed by atoms with Crippen LogP contribution in [-0.2, 0) is 4.74 Å². The van der Waals surface area contributed by atoms with Gasteiger partial charge in [0, 0.05) is 6.04 Å². The highest BCUT2D eigenvalue weighted by atomic mass is 19.4. The van der Waals surface area contributed by atoms with Gasteiger partial charge in [-0.25, -0.2) is 0 Å². The maximum atomic E-state index is 11.9. The summed E-state index contributed by atoms with van der Waals surface area (Å²) in [7, 11) is 1.47. The Morgan fingerprint density at radius 3 is 2.52 bits per heavy atom. The standard InChI is InChI=1S/C14H20F3NO3/c1-4-18-10(2)11-5-6-12(13(7-11)19-3)21-9-20-8-14(15,16)17/h5-7,10,18H,4,8-9H2,1-3H3. The maximum Gasteiger partial charge on any atom is 0.411 e. The molecule has 0 saturated carbocycles. The second-order valence-electron chi connectivity index (χ2n) is 4.42. The van der Waals surface area contributed by atoms with Crippen LogP contribution in [0.2, 0.25) is 0 Å². The number of rotatable bonds is 8. The van der Waals surface area contributed by atoms with Crippen molar-refractivity contribution in [2.24, 2.45) is 0 Å². The van der Waals surface area contributed by atoms with Crippen molar-refractivity contribution in [1.29, 1.82) is 0 Å². The molecular formula is C14H20F3NO3. The zero-order valence-corrected chi connectivity index (χ0v) is 12.3. The SMILES string of the molecule is CCNC(C)c1ccc(OCOCC(F)(F)F)c(OC)c1. The van der Waals surface area contributed by atoms with Gasteiger partial charge in [-0.2, -0.15) is 13.2 Å². The number of nitrogens with one attached hydrogen (secondary N) is 1. The predicted octanol–water partition coefficient (Wildman–Crippen LogP) is 3.28. The van der Waals surface area contributed by atoms with Crippen LogP contribution in [0.5, 0.6) is 11.5 Å².